The summed E-state index contributed by atoms with van der Waals surface area (Å²) in [5.74, 6) is 0.193. The van der Waals surface area contributed by atoms with E-state index in [1.807, 2.05) is 23.7 Å². The zero-order valence-electron chi connectivity index (χ0n) is 13.9. The first-order chi connectivity index (χ1) is 12.5. The topological polar surface area (TPSA) is 116 Å². The minimum atomic E-state index is -0.509. The fourth-order valence-electron chi connectivity index (χ4n) is 2.24. The van der Waals surface area contributed by atoms with E-state index in [0.717, 1.165) is 5.56 Å². The van der Waals surface area contributed by atoms with Gasteiger partial charge in [-0.25, -0.2) is 0 Å². The molecule has 2 aromatic heterocycles. The molecule has 0 aliphatic carbocycles. The Labute approximate surface area is 153 Å². The molecule has 0 aliphatic rings. The smallest absolute Gasteiger partial charge is 0.248 e. The number of hydrogen-bond donors (Lipinski definition) is 2. The van der Waals surface area contributed by atoms with Crippen LogP contribution in [0.1, 0.15) is 10.4 Å². The Balaban J connectivity index is 1.60. The van der Waals surface area contributed by atoms with Crippen LogP contribution in [-0.4, -0.2) is 37.3 Å². The third kappa shape index (κ3) is 4.06. The Hall–Kier alpha value is -3.20. The highest BCUT2D eigenvalue weighted by atomic mass is 32.2. The van der Waals surface area contributed by atoms with Gasteiger partial charge in [-0.2, -0.15) is 0 Å². The maximum absolute atomic E-state index is 12.1. The van der Waals surface area contributed by atoms with Crippen LogP contribution in [-0.2, 0) is 11.8 Å². The van der Waals surface area contributed by atoms with Crippen molar-refractivity contribution in [2.75, 3.05) is 11.1 Å². The van der Waals surface area contributed by atoms with Crippen molar-refractivity contribution in [1.82, 2.24) is 19.7 Å². The quantitative estimate of drug-likeness (QED) is 0.640. The van der Waals surface area contributed by atoms with E-state index in [1.165, 1.54) is 11.8 Å². The van der Waals surface area contributed by atoms with Crippen LogP contribution >= 0.6 is 11.8 Å². The molecule has 0 aliphatic heterocycles. The molecule has 0 saturated carbocycles. The van der Waals surface area contributed by atoms with E-state index >= 15 is 0 Å². The van der Waals surface area contributed by atoms with Crippen LogP contribution in [0.15, 0.2) is 53.9 Å². The number of thioether (sulfide) groups is 1. The molecule has 9 heteroatoms. The van der Waals surface area contributed by atoms with E-state index in [1.54, 1.807) is 36.7 Å². The molecule has 3 N–H and O–H groups in total. The Morgan fingerprint density at radius 1 is 1.12 bits per heavy atom. The molecule has 2 amide bonds. The summed E-state index contributed by atoms with van der Waals surface area (Å²) < 4.78 is 1.83. The number of benzene rings is 1. The number of hydrogen-bond acceptors (Lipinski definition) is 6. The zero-order valence-corrected chi connectivity index (χ0v) is 14.7. The molecule has 0 radical (unpaired) electrons. The van der Waals surface area contributed by atoms with Gasteiger partial charge < -0.3 is 15.6 Å². The molecule has 0 saturated heterocycles. The highest BCUT2D eigenvalue weighted by Crippen LogP contribution is 2.22. The molecular formula is C17H16N6O2S. The first-order valence-corrected chi connectivity index (χ1v) is 8.65. The van der Waals surface area contributed by atoms with Gasteiger partial charge in [0.05, 0.1) is 5.75 Å². The van der Waals surface area contributed by atoms with Crippen LogP contribution in [0.25, 0.3) is 11.4 Å². The number of rotatable bonds is 6. The van der Waals surface area contributed by atoms with Crippen LogP contribution in [0, 0.1) is 0 Å². The number of anilines is 1. The summed E-state index contributed by atoms with van der Waals surface area (Å²) in [5, 5.41) is 11.7. The molecule has 0 fully saturated rings. The number of carbonyl (C=O) groups excluding carboxylic acids is 2. The average Bonchev–Trinajstić information content (AvgIpc) is 3.02. The lowest BCUT2D eigenvalue weighted by Crippen LogP contribution is -2.15. The van der Waals surface area contributed by atoms with Crippen molar-refractivity contribution in [2.24, 2.45) is 12.8 Å². The third-order valence-electron chi connectivity index (χ3n) is 3.56. The Kier molecular flexibility index (Phi) is 5.28. The van der Waals surface area contributed by atoms with Crippen molar-refractivity contribution >= 4 is 29.3 Å². The molecule has 132 valence electrons. The predicted octanol–water partition coefficient (Wildman–Crippen LogP) is 1.71. The molecular weight excluding hydrogens is 352 g/mol. The SMILES string of the molecule is Cn1c(SCC(=O)Nc2ccc(C(N)=O)cc2)nnc1-c1ccncc1. The summed E-state index contributed by atoms with van der Waals surface area (Å²) >= 11 is 1.29. The molecule has 8 nitrogen and oxygen atoms in total. The fraction of sp³-hybridized carbons (Fsp3) is 0.118. The molecule has 0 atom stereocenters. The van der Waals surface area contributed by atoms with Crippen molar-refractivity contribution in [3.63, 3.8) is 0 Å². The molecule has 1 aromatic carbocycles. The van der Waals surface area contributed by atoms with Crippen LogP contribution in [0.5, 0.6) is 0 Å². The minimum absolute atomic E-state index is 0.180. The lowest BCUT2D eigenvalue weighted by molar-refractivity contribution is -0.113. The normalized spacial score (nSPS) is 10.5. The van der Waals surface area contributed by atoms with Gasteiger partial charge in [-0.1, -0.05) is 11.8 Å². The van der Waals surface area contributed by atoms with Crippen molar-refractivity contribution < 1.29 is 9.59 Å². The number of primary amides is 1. The zero-order chi connectivity index (χ0) is 18.5. The van der Waals surface area contributed by atoms with Gasteiger partial charge in [-0.15, -0.1) is 10.2 Å². The lowest BCUT2D eigenvalue weighted by Gasteiger charge is -2.06. The largest absolute Gasteiger partial charge is 0.366 e. The number of aromatic nitrogens is 4. The molecule has 0 unspecified atom stereocenters. The molecule has 0 spiro atoms. The van der Waals surface area contributed by atoms with Gasteiger partial charge in [0, 0.05) is 36.3 Å². The first kappa shape index (κ1) is 17.6. The van der Waals surface area contributed by atoms with E-state index < -0.39 is 5.91 Å². The van der Waals surface area contributed by atoms with Gasteiger partial charge in [0.2, 0.25) is 11.8 Å². The second kappa shape index (κ2) is 7.79. The predicted molar refractivity (Wildman–Crippen MR) is 98.5 cm³/mol. The molecule has 0 bridgehead atoms. The first-order valence-electron chi connectivity index (χ1n) is 7.67. The van der Waals surface area contributed by atoms with Crippen molar-refractivity contribution in [3.05, 3.63) is 54.4 Å². The summed E-state index contributed by atoms with van der Waals surface area (Å²) in [4.78, 5) is 27.1. The van der Waals surface area contributed by atoms with Crippen molar-refractivity contribution in [2.45, 2.75) is 5.16 Å². The Morgan fingerprint density at radius 2 is 1.81 bits per heavy atom. The second-order valence-electron chi connectivity index (χ2n) is 5.38. The van der Waals surface area contributed by atoms with E-state index in [4.69, 9.17) is 5.73 Å². The average molecular weight is 368 g/mol. The maximum Gasteiger partial charge on any atom is 0.248 e. The lowest BCUT2D eigenvalue weighted by atomic mass is 10.2. The summed E-state index contributed by atoms with van der Waals surface area (Å²) in [6.45, 7) is 0. The highest BCUT2D eigenvalue weighted by molar-refractivity contribution is 7.99. The number of nitrogens with zero attached hydrogens (tertiary/aromatic N) is 4. The van der Waals surface area contributed by atoms with Gasteiger partial charge in [-0.05, 0) is 36.4 Å². The fourth-order valence-corrected chi connectivity index (χ4v) is 2.95. The summed E-state index contributed by atoms with van der Waals surface area (Å²) in [6, 6.07) is 10.1. The van der Waals surface area contributed by atoms with E-state index in [-0.39, 0.29) is 11.7 Å². The number of nitrogens with one attached hydrogen (secondary N) is 1. The number of carbonyl (C=O) groups is 2. The number of pyridine rings is 1. The summed E-state index contributed by atoms with van der Waals surface area (Å²) in [5.41, 5.74) is 7.07. The maximum atomic E-state index is 12.1. The van der Waals surface area contributed by atoms with Gasteiger partial charge >= 0.3 is 0 Å². The molecule has 3 aromatic rings. The summed E-state index contributed by atoms with van der Waals surface area (Å²) in [7, 11) is 1.85. The Bertz CT molecular complexity index is 924. The molecule has 26 heavy (non-hydrogen) atoms. The van der Waals surface area contributed by atoms with E-state index in [9.17, 15) is 9.59 Å². The van der Waals surface area contributed by atoms with Gasteiger partial charge in [0.25, 0.3) is 0 Å². The summed E-state index contributed by atoms with van der Waals surface area (Å²) in [6.07, 6.45) is 3.38. The molecule has 2 heterocycles. The van der Waals surface area contributed by atoms with Crippen LogP contribution in [0.3, 0.4) is 0 Å². The third-order valence-corrected chi connectivity index (χ3v) is 4.58. The van der Waals surface area contributed by atoms with E-state index in [0.29, 0.717) is 22.2 Å². The second-order valence-corrected chi connectivity index (χ2v) is 6.32. The van der Waals surface area contributed by atoms with Crippen LogP contribution in [0.4, 0.5) is 5.69 Å². The highest BCUT2D eigenvalue weighted by Gasteiger charge is 2.13. The van der Waals surface area contributed by atoms with Gasteiger partial charge in [0.15, 0.2) is 11.0 Å². The number of amides is 2. The number of nitrogens with two attached hydrogens (primary N) is 1. The van der Waals surface area contributed by atoms with Crippen LogP contribution < -0.4 is 11.1 Å². The molecule has 3 rings (SSSR count). The van der Waals surface area contributed by atoms with E-state index in [2.05, 4.69) is 20.5 Å². The van der Waals surface area contributed by atoms with Gasteiger partial charge in [-0.3, -0.25) is 14.6 Å². The standard InChI is InChI=1S/C17H16N6O2S/c1-23-16(12-6-8-19-9-7-12)21-22-17(23)26-10-14(24)20-13-4-2-11(3-5-13)15(18)25/h2-9H,10H2,1H3,(H2,18,25)(H,20,24). The van der Waals surface area contributed by atoms with Crippen molar-refractivity contribution in [1.29, 1.82) is 0 Å². The Morgan fingerprint density at radius 3 is 2.46 bits per heavy atom. The monoisotopic (exact) mass is 368 g/mol. The van der Waals surface area contributed by atoms with Crippen molar-refractivity contribution in [3.8, 4) is 11.4 Å². The van der Waals surface area contributed by atoms with Crippen LogP contribution in [0.2, 0.25) is 0 Å². The minimum Gasteiger partial charge on any atom is -0.366 e. The van der Waals surface area contributed by atoms with Gasteiger partial charge in [0.1, 0.15) is 0 Å².